The van der Waals surface area contributed by atoms with E-state index in [1.807, 2.05) is 0 Å². The molecule has 0 heterocycles. The Hall–Kier alpha value is -2.04. The molecule has 0 amide bonds. The second-order valence-corrected chi connectivity index (χ2v) is 3.21. The predicted octanol–water partition coefficient (Wildman–Crippen LogP) is 3.41. The maximum absolute atomic E-state index is 12.4. The Morgan fingerprint density at radius 2 is 1.44 bits per heavy atom. The van der Waals surface area contributed by atoms with Gasteiger partial charge in [0, 0.05) is 5.56 Å². The van der Waals surface area contributed by atoms with Gasteiger partial charge in [-0.05, 0) is 12.1 Å². The van der Waals surface area contributed by atoms with Gasteiger partial charge in [-0.25, -0.2) is 0 Å². The summed E-state index contributed by atoms with van der Waals surface area (Å²) in [4.78, 5) is 10.4. The summed E-state index contributed by atoms with van der Waals surface area (Å²) >= 11 is 0. The van der Waals surface area contributed by atoms with Gasteiger partial charge in [0.1, 0.15) is 0 Å². The molecular formula is C10H3F6NO. The highest BCUT2D eigenvalue weighted by Crippen LogP contribution is 2.41. The summed E-state index contributed by atoms with van der Waals surface area (Å²) in [5.74, 6) is 0. The van der Waals surface area contributed by atoms with Crippen molar-refractivity contribution in [3.63, 3.8) is 0 Å². The summed E-state index contributed by atoms with van der Waals surface area (Å²) in [7, 11) is 0. The summed E-state index contributed by atoms with van der Waals surface area (Å²) in [6, 6.07) is 1.28. The third-order valence-corrected chi connectivity index (χ3v) is 2.05. The molecule has 0 saturated heterocycles. The van der Waals surface area contributed by atoms with Crippen LogP contribution >= 0.6 is 0 Å². The van der Waals surface area contributed by atoms with Gasteiger partial charge in [-0.2, -0.15) is 31.6 Å². The van der Waals surface area contributed by atoms with Crippen LogP contribution in [-0.4, -0.2) is 6.29 Å². The van der Waals surface area contributed by atoms with Gasteiger partial charge in [0.2, 0.25) is 0 Å². The Labute approximate surface area is 96.4 Å². The van der Waals surface area contributed by atoms with E-state index in [4.69, 9.17) is 5.26 Å². The number of rotatable bonds is 1. The molecule has 0 aromatic heterocycles. The summed E-state index contributed by atoms with van der Waals surface area (Å²) in [5.41, 5.74) is -5.48. The largest absolute Gasteiger partial charge is 0.417 e. The highest BCUT2D eigenvalue weighted by Gasteiger charge is 2.43. The molecule has 0 spiro atoms. The average molecular weight is 267 g/mol. The first kappa shape index (κ1) is 14.0. The predicted molar refractivity (Wildman–Crippen MR) is 46.5 cm³/mol. The van der Waals surface area contributed by atoms with Crippen LogP contribution in [0.1, 0.15) is 27.0 Å². The van der Waals surface area contributed by atoms with Crippen LogP contribution in [0.2, 0.25) is 0 Å². The molecule has 0 saturated carbocycles. The molecular weight excluding hydrogens is 264 g/mol. The molecule has 1 rings (SSSR count). The molecule has 0 unspecified atom stereocenters. The number of hydrogen-bond acceptors (Lipinski definition) is 2. The molecule has 0 atom stereocenters. The number of nitriles is 1. The van der Waals surface area contributed by atoms with E-state index in [9.17, 15) is 31.1 Å². The summed E-state index contributed by atoms with van der Waals surface area (Å²) in [6.45, 7) is 0. The summed E-state index contributed by atoms with van der Waals surface area (Å²) in [6.07, 6.45) is -10.6. The molecule has 2 nitrogen and oxygen atoms in total. The third-order valence-electron chi connectivity index (χ3n) is 2.05. The second-order valence-electron chi connectivity index (χ2n) is 3.21. The van der Waals surface area contributed by atoms with Crippen molar-refractivity contribution >= 4 is 6.29 Å². The highest BCUT2D eigenvalue weighted by molar-refractivity contribution is 5.80. The maximum atomic E-state index is 12.4. The first-order valence-electron chi connectivity index (χ1n) is 4.29. The van der Waals surface area contributed by atoms with E-state index in [1.165, 1.54) is 6.07 Å². The van der Waals surface area contributed by atoms with E-state index in [0.717, 1.165) is 0 Å². The van der Waals surface area contributed by atoms with Crippen molar-refractivity contribution in [3.8, 4) is 6.07 Å². The van der Waals surface area contributed by atoms with Crippen molar-refractivity contribution in [1.82, 2.24) is 0 Å². The van der Waals surface area contributed by atoms with Crippen LogP contribution in [0, 0.1) is 11.3 Å². The molecule has 0 radical (unpaired) electrons. The SMILES string of the molecule is N#Cc1cc(C(F)(F)F)c(C(F)(F)F)cc1C=O. The first-order valence-corrected chi connectivity index (χ1v) is 4.29. The minimum Gasteiger partial charge on any atom is -0.298 e. The van der Waals surface area contributed by atoms with Crippen LogP contribution < -0.4 is 0 Å². The van der Waals surface area contributed by atoms with Crippen LogP contribution in [0.25, 0.3) is 0 Å². The normalized spacial score (nSPS) is 12.1. The van der Waals surface area contributed by atoms with Gasteiger partial charge < -0.3 is 0 Å². The average Bonchev–Trinajstić information content (AvgIpc) is 2.24. The van der Waals surface area contributed by atoms with E-state index < -0.39 is 34.6 Å². The third kappa shape index (κ3) is 2.61. The number of hydrogen-bond donors (Lipinski definition) is 0. The maximum Gasteiger partial charge on any atom is 0.417 e. The van der Waals surface area contributed by atoms with Gasteiger partial charge >= 0.3 is 12.4 Å². The summed E-state index contributed by atoms with van der Waals surface area (Å²) in [5, 5.41) is 8.48. The zero-order valence-electron chi connectivity index (χ0n) is 8.36. The molecule has 18 heavy (non-hydrogen) atoms. The molecule has 96 valence electrons. The van der Waals surface area contributed by atoms with Crippen molar-refractivity contribution in [2.24, 2.45) is 0 Å². The van der Waals surface area contributed by atoms with Gasteiger partial charge in [0.25, 0.3) is 0 Å². The number of alkyl halides is 6. The lowest BCUT2D eigenvalue weighted by molar-refractivity contribution is -0.162. The molecule has 0 N–H and O–H groups in total. The topological polar surface area (TPSA) is 40.9 Å². The van der Waals surface area contributed by atoms with Gasteiger partial charge in [-0.15, -0.1) is 0 Å². The zero-order chi connectivity index (χ0) is 14.1. The Bertz CT molecular complexity index is 523. The van der Waals surface area contributed by atoms with Gasteiger partial charge in [-0.3, -0.25) is 4.79 Å². The Balaban J connectivity index is 3.69. The number of halogens is 6. The molecule has 0 fully saturated rings. The van der Waals surface area contributed by atoms with Crippen molar-refractivity contribution in [2.45, 2.75) is 12.4 Å². The lowest BCUT2D eigenvalue weighted by Gasteiger charge is -2.16. The monoisotopic (exact) mass is 267 g/mol. The fourth-order valence-electron chi connectivity index (χ4n) is 1.28. The number of benzene rings is 1. The van der Waals surface area contributed by atoms with E-state index in [0.29, 0.717) is 0 Å². The minimum atomic E-state index is -5.27. The molecule has 1 aromatic rings. The first-order chi connectivity index (χ1) is 8.11. The molecule has 0 aliphatic rings. The van der Waals surface area contributed by atoms with E-state index in [-0.39, 0.29) is 18.4 Å². The fraction of sp³-hybridized carbons (Fsp3) is 0.200. The number of nitrogens with zero attached hydrogens (tertiary/aromatic N) is 1. The minimum absolute atomic E-state index is 0.0204. The molecule has 1 aromatic carbocycles. The molecule has 0 aliphatic heterocycles. The van der Waals surface area contributed by atoms with E-state index in [1.54, 1.807) is 0 Å². The Kier molecular flexibility index (Phi) is 3.37. The van der Waals surface area contributed by atoms with Crippen LogP contribution in [-0.2, 0) is 12.4 Å². The van der Waals surface area contributed by atoms with Gasteiger partial charge in [0.15, 0.2) is 6.29 Å². The smallest absolute Gasteiger partial charge is 0.298 e. The van der Waals surface area contributed by atoms with Crippen LogP contribution in [0.3, 0.4) is 0 Å². The number of aldehydes is 1. The van der Waals surface area contributed by atoms with Crippen LogP contribution in [0.4, 0.5) is 26.3 Å². The van der Waals surface area contributed by atoms with Crippen molar-refractivity contribution < 1.29 is 31.1 Å². The van der Waals surface area contributed by atoms with Crippen LogP contribution in [0.15, 0.2) is 12.1 Å². The lowest BCUT2D eigenvalue weighted by atomic mass is 9.98. The van der Waals surface area contributed by atoms with E-state index >= 15 is 0 Å². The van der Waals surface area contributed by atoms with Crippen LogP contribution in [0.5, 0.6) is 0 Å². The van der Waals surface area contributed by atoms with Crippen molar-refractivity contribution in [1.29, 1.82) is 5.26 Å². The Morgan fingerprint density at radius 1 is 1.00 bits per heavy atom. The van der Waals surface area contributed by atoms with E-state index in [2.05, 4.69) is 0 Å². The second kappa shape index (κ2) is 4.33. The standard InChI is InChI=1S/C10H3F6NO/c11-9(12,13)7-1-5(3-17)6(4-18)2-8(7)10(14,15)16/h1-2,4H. The van der Waals surface area contributed by atoms with Gasteiger partial charge in [-0.1, -0.05) is 0 Å². The Morgan fingerprint density at radius 3 is 1.78 bits per heavy atom. The van der Waals surface area contributed by atoms with Crippen molar-refractivity contribution in [2.75, 3.05) is 0 Å². The number of carbonyl (C=O) groups excluding carboxylic acids is 1. The quantitative estimate of drug-likeness (QED) is 0.578. The molecule has 0 bridgehead atoms. The summed E-state index contributed by atoms with van der Waals surface area (Å²) < 4.78 is 74.6. The fourth-order valence-corrected chi connectivity index (χ4v) is 1.28. The molecule has 0 aliphatic carbocycles. The zero-order valence-corrected chi connectivity index (χ0v) is 8.36. The van der Waals surface area contributed by atoms with Crippen molar-refractivity contribution in [3.05, 3.63) is 34.4 Å². The van der Waals surface area contributed by atoms with Gasteiger partial charge in [0.05, 0.1) is 22.8 Å². The number of carbonyl (C=O) groups is 1. The molecule has 8 heteroatoms. The lowest BCUT2D eigenvalue weighted by Crippen LogP contribution is -2.17. The highest BCUT2D eigenvalue weighted by atomic mass is 19.4.